The Morgan fingerprint density at radius 2 is 2.26 bits per heavy atom. The summed E-state index contributed by atoms with van der Waals surface area (Å²) in [6, 6.07) is 7.29. The lowest BCUT2D eigenvalue weighted by Gasteiger charge is -2.17. The van der Waals surface area contributed by atoms with Crippen molar-refractivity contribution in [2.75, 3.05) is 13.1 Å². The number of carboxylic acid groups (broad SMARTS) is 1. The van der Waals surface area contributed by atoms with Crippen LogP contribution < -0.4 is 0 Å². The SMILES string of the molecule is CC(C)CC1CCN(Cc2cccc(C(=O)O)c2)C1. The van der Waals surface area contributed by atoms with Crippen LogP contribution in [0.2, 0.25) is 0 Å². The predicted octanol–water partition coefficient (Wildman–Crippen LogP) is 3.25. The first kappa shape index (κ1) is 14.1. The van der Waals surface area contributed by atoms with Gasteiger partial charge in [-0.3, -0.25) is 4.90 Å². The molecular formula is C16H23NO2. The lowest BCUT2D eigenvalue weighted by atomic mass is 9.97. The van der Waals surface area contributed by atoms with Crippen LogP contribution in [0.5, 0.6) is 0 Å². The van der Waals surface area contributed by atoms with Gasteiger partial charge in [0.15, 0.2) is 0 Å². The molecule has 0 amide bonds. The van der Waals surface area contributed by atoms with Crippen LogP contribution in [-0.4, -0.2) is 29.1 Å². The van der Waals surface area contributed by atoms with Crippen molar-refractivity contribution >= 4 is 5.97 Å². The molecule has 0 spiro atoms. The van der Waals surface area contributed by atoms with Crippen molar-refractivity contribution in [1.82, 2.24) is 4.90 Å². The summed E-state index contributed by atoms with van der Waals surface area (Å²) in [5.41, 5.74) is 1.49. The van der Waals surface area contributed by atoms with E-state index in [4.69, 9.17) is 5.11 Å². The van der Waals surface area contributed by atoms with Crippen molar-refractivity contribution in [1.29, 1.82) is 0 Å². The number of hydrogen-bond donors (Lipinski definition) is 1. The first-order valence-corrected chi connectivity index (χ1v) is 7.09. The largest absolute Gasteiger partial charge is 0.478 e. The third-order valence-corrected chi connectivity index (χ3v) is 3.75. The fraction of sp³-hybridized carbons (Fsp3) is 0.562. The van der Waals surface area contributed by atoms with Gasteiger partial charge in [-0.05, 0) is 48.9 Å². The Balaban J connectivity index is 1.92. The number of carbonyl (C=O) groups is 1. The molecule has 0 aliphatic carbocycles. The zero-order valence-corrected chi connectivity index (χ0v) is 11.8. The van der Waals surface area contributed by atoms with Crippen molar-refractivity contribution in [2.24, 2.45) is 11.8 Å². The van der Waals surface area contributed by atoms with Crippen LogP contribution >= 0.6 is 0 Å². The fourth-order valence-corrected chi connectivity index (χ4v) is 2.98. The Labute approximate surface area is 115 Å². The van der Waals surface area contributed by atoms with Crippen LogP contribution in [0.1, 0.15) is 42.6 Å². The van der Waals surface area contributed by atoms with E-state index in [1.165, 1.54) is 12.8 Å². The summed E-state index contributed by atoms with van der Waals surface area (Å²) in [6.07, 6.45) is 2.57. The smallest absolute Gasteiger partial charge is 0.335 e. The topological polar surface area (TPSA) is 40.5 Å². The Kier molecular flexibility index (Phi) is 4.59. The summed E-state index contributed by atoms with van der Waals surface area (Å²) in [5, 5.41) is 9.00. The molecule has 1 aromatic carbocycles. The third-order valence-electron chi connectivity index (χ3n) is 3.75. The maximum Gasteiger partial charge on any atom is 0.335 e. The second-order valence-corrected chi connectivity index (χ2v) is 6.02. The summed E-state index contributed by atoms with van der Waals surface area (Å²) in [6.45, 7) is 7.71. The second-order valence-electron chi connectivity index (χ2n) is 6.02. The minimum Gasteiger partial charge on any atom is -0.478 e. The van der Waals surface area contributed by atoms with Gasteiger partial charge in [0.1, 0.15) is 0 Å². The standard InChI is InChI=1S/C16H23NO2/c1-12(2)8-14-6-7-17(11-14)10-13-4-3-5-15(9-13)16(18)19/h3-5,9,12,14H,6-8,10-11H2,1-2H3,(H,18,19). The molecule has 3 nitrogen and oxygen atoms in total. The van der Waals surface area contributed by atoms with E-state index >= 15 is 0 Å². The number of aromatic carboxylic acids is 1. The van der Waals surface area contributed by atoms with E-state index in [0.717, 1.165) is 37.0 Å². The van der Waals surface area contributed by atoms with Crippen molar-refractivity contribution in [3.63, 3.8) is 0 Å². The normalized spacial score (nSPS) is 20.1. The third kappa shape index (κ3) is 4.06. The molecule has 1 fully saturated rings. The Morgan fingerprint density at radius 3 is 2.95 bits per heavy atom. The van der Waals surface area contributed by atoms with E-state index in [-0.39, 0.29) is 0 Å². The van der Waals surface area contributed by atoms with Gasteiger partial charge in [0.05, 0.1) is 5.56 Å². The Hall–Kier alpha value is -1.35. The number of likely N-dealkylation sites (tertiary alicyclic amines) is 1. The highest BCUT2D eigenvalue weighted by molar-refractivity contribution is 5.87. The maximum absolute atomic E-state index is 11.0. The molecule has 0 radical (unpaired) electrons. The molecular weight excluding hydrogens is 238 g/mol. The van der Waals surface area contributed by atoms with E-state index in [1.807, 2.05) is 12.1 Å². The molecule has 0 aromatic heterocycles. The molecule has 1 saturated heterocycles. The molecule has 2 rings (SSSR count). The van der Waals surface area contributed by atoms with Crippen LogP contribution in [-0.2, 0) is 6.54 Å². The van der Waals surface area contributed by atoms with E-state index in [2.05, 4.69) is 18.7 Å². The van der Waals surface area contributed by atoms with Crippen LogP contribution in [0.15, 0.2) is 24.3 Å². The zero-order chi connectivity index (χ0) is 13.8. The van der Waals surface area contributed by atoms with E-state index in [9.17, 15) is 4.79 Å². The Morgan fingerprint density at radius 1 is 1.47 bits per heavy atom. The minimum atomic E-state index is -0.846. The number of hydrogen-bond acceptors (Lipinski definition) is 2. The molecule has 1 aromatic rings. The minimum absolute atomic E-state index is 0.385. The highest BCUT2D eigenvalue weighted by Crippen LogP contribution is 2.24. The summed E-state index contributed by atoms with van der Waals surface area (Å²) >= 11 is 0. The molecule has 1 N–H and O–H groups in total. The van der Waals surface area contributed by atoms with Crippen LogP contribution in [0.4, 0.5) is 0 Å². The average Bonchev–Trinajstić information content (AvgIpc) is 2.76. The van der Waals surface area contributed by atoms with Crippen molar-refractivity contribution in [3.8, 4) is 0 Å². The average molecular weight is 261 g/mol. The first-order valence-electron chi connectivity index (χ1n) is 7.09. The quantitative estimate of drug-likeness (QED) is 0.884. The van der Waals surface area contributed by atoms with Crippen LogP contribution in [0.3, 0.4) is 0 Å². The number of nitrogens with zero attached hydrogens (tertiary/aromatic N) is 1. The van der Waals surface area contributed by atoms with Gasteiger partial charge in [-0.25, -0.2) is 4.79 Å². The fourth-order valence-electron chi connectivity index (χ4n) is 2.98. The van der Waals surface area contributed by atoms with Gasteiger partial charge in [0, 0.05) is 13.1 Å². The van der Waals surface area contributed by atoms with Gasteiger partial charge in [0.2, 0.25) is 0 Å². The molecule has 1 aliphatic heterocycles. The van der Waals surface area contributed by atoms with Gasteiger partial charge in [-0.2, -0.15) is 0 Å². The first-order chi connectivity index (χ1) is 9.04. The lowest BCUT2D eigenvalue weighted by molar-refractivity contribution is 0.0696. The van der Waals surface area contributed by atoms with Gasteiger partial charge >= 0.3 is 5.97 Å². The molecule has 104 valence electrons. The second kappa shape index (κ2) is 6.20. The molecule has 1 heterocycles. The van der Waals surface area contributed by atoms with Gasteiger partial charge in [0.25, 0.3) is 0 Å². The monoisotopic (exact) mass is 261 g/mol. The van der Waals surface area contributed by atoms with Crippen molar-refractivity contribution in [3.05, 3.63) is 35.4 Å². The van der Waals surface area contributed by atoms with Gasteiger partial charge in [-0.1, -0.05) is 26.0 Å². The summed E-state index contributed by atoms with van der Waals surface area (Å²) in [7, 11) is 0. The van der Waals surface area contributed by atoms with Gasteiger partial charge < -0.3 is 5.11 Å². The van der Waals surface area contributed by atoms with Crippen LogP contribution in [0, 0.1) is 11.8 Å². The van der Waals surface area contributed by atoms with E-state index < -0.39 is 5.97 Å². The van der Waals surface area contributed by atoms with E-state index in [0.29, 0.717) is 5.56 Å². The lowest BCUT2D eigenvalue weighted by Crippen LogP contribution is -2.20. The summed E-state index contributed by atoms with van der Waals surface area (Å²) < 4.78 is 0. The highest BCUT2D eigenvalue weighted by Gasteiger charge is 2.23. The van der Waals surface area contributed by atoms with E-state index in [1.54, 1.807) is 12.1 Å². The highest BCUT2D eigenvalue weighted by atomic mass is 16.4. The summed E-state index contributed by atoms with van der Waals surface area (Å²) in [4.78, 5) is 13.4. The van der Waals surface area contributed by atoms with Crippen molar-refractivity contribution < 1.29 is 9.90 Å². The zero-order valence-electron chi connectivity index (χ0n) is 11.8. The molecule has 1 unspecified atom stereocenters. The number of carboxylic acids is 1. The van der Waals surface area contributed by atoms with Crippen LogP contribution in [0.25, 0.3) is 0 Å². The molecule has 1 atom stereocenters. The molecule has 0 saturated carbocycles. The predicted molar refractivity (Wildman–Crippen MR) is 76.2 cm³/mol. The number of benzene rings is 1. The Bertz CT molecular complexity index is 442. The summed E-state index contributed by atoms with van der Waals surface area (Å²) in [5.74, 6) is 0.726. The van der Waals surface area contributed by atoms with Gasteiger partial charge in [-0.15, -0.1) is 0 Å². The molecule has 3 heteroatoms. The molecule has 0 bridgehead atoms. The number of rotatable bonds is 5. The molecule has 19 heavy (non-hydrogen) atoms. The molecule has 1 aliphatic rings. The maximum atomic E-state index is 11.0. The van der Waals surface area contributed by atoms with Crippen molar-refractivity contribution in [2.45, 2.75) is 33.2 Å².